The standard InChI is InChI=1S/C24H33NO3/c1-6-22(28-21-15-11-19(12-16-21)24(2,3)4)23(26)25-17-7-8-18-9-13-20(27-5)14-10-18/h9-16,22H,6-8,17H2,1-5H3,(H,25,26)/t22-/m0/s1. The zero-order chi connectivity index (χ0) is 20.6. The van der Waals surface area contributed by atoms with Gasteiger partial charge in [0.25, 0.3) is 5.91 Å². The van der Waals surface area contributed by atoms with Crippen molar-refractivity contribution in [3.63, 3.8) is 0 Å². The number of benzene rings is 2. The van der Waals surface area contributed by atoms with Gasteiger partial charge in [-0.2, -0.15) is 0 Å². The molecule has 0 spiro atoms. The van der Waals surface area contributed by atoms with E-state index in [-0.39, 0.29) is 11.3 Å². The van der Waals surface area contributed by atoms with E-state index in [1.165, 1.54) is 11.1 Å². The van der Waals surface area contributed by atoms with Crippen LogP contribution < -0.4 is 14.8 Å². The minimum atomic E-state index is -0.471. The van der Waals surface area contributed by atoms with Gasteiger partial charge in [0.1, 0.15) is 11.5 Å². The van der Waals surface area contributed by atoms with Gasteiger partial charge in [0.2, 0.25) is 0 Å². The SMILES string of the molecule is CC[C@H](Oc1ccc(C(C)(C)C)cc1)C(=O)NCCCc1ccc(OC)cc1. The first-order chi connectivity index (χ1) is 13.3. The predicted octanol–water partition coefficient (Wildman–Crippen LogP) is 4.90. The molecule has 0 aromatic heterocycles. The molecule has 0 heterocycles. The Morgan fingerprint density at radius 1 is 1.00 bits per heavy atom. The van der Waals surface area contributed by atoms with Crippen molar-refractivity contribution in [3.05, 3.63) is 59.7 Å². The molecule has 0 unspecified atom stereocenters. The first-order valence-electron chi connectivity index (χ1n) is 10.0. The molecule has 1 atom stereocenters. The van der Waals surface area contributed by atoms with Crippen LogP contribution in [0, 0.1) is 0 Å². The second kappa shape index (κ2) is 10.2. The van der Waals surface area contributed by atoms with Crippen LogP contribution in [0.3, 0.4) is 0 Å². The van der Waals surface area contributed by atoms with Gasteiger partial charge in [0, 0.05) is 6.54 Å². The molecule has 4 nitrogen and oxygen atoms in total. The van der Waals surface area contributed by atoms with E-state index in [1.807, 2.05) is 31.2 Å². The topological polar surface area (TPSA) is 47.6 Å². The molecule has 4 heteroatoms. The molecule has 0 saturated heterocycles. The lowest BCUT2D eigenvalue weighted by atomic mass is 9.87. The van der Waals surface area contributed by atoms with Crippen molar-refractivity contribution in [1.29, 1.82) is 0 Å². The van der Waals surface area contributed by atoms with E-state index in [1.54, 1.807) is 7.11 Å². The maximum absolute atomic E-state index is 12.4. The number of methoxy groups -OCH3 is 1. The van der Waals surface area contributed by atoms with Crippen LogP contribution in [0.4, 0.5) is 0 Å². The number of ether oxygens (including phenoxy) is 2. The summed E-state index contributed by atoms with van der Waals surface area (Å²) in [6.45, 7) is 9.13. The number of hydrogen-bond acceptors (Lipinski definition) is 3. The van der Waals surface area contributed by atoms with E-state index in [4.69, 9.17) is 9.47 Å². The Morgan fingerprint density at radius 3 is 2.14 bits per heavy atom. The predicted molar refractivity (Wildman–Crippen MR) is 114 cm³/mol. The van der Waals surface area contributed by atoms with Gasteiger partial charge in [-0.1, -0.05) is 52.0 Å². The summed E-state index contributed by atoms with van der Waals surface area (Å²) in [6.07, 6.45) is 1.96. The van der Waals surface area contributed by atoms with E-state index in [2.05, 4.69) is 50.4 Å². The first-order valence-corrected chi connectivity index (χ1v) is 10.0. The van der Waals surface area contributed by atoms with Crippen LogP contribution in [0.2, 0.25) is 0 Å². The molecule has 0 aliphatic carbocycles. The summed E-state index contributed by atoms with van der Waals surface area (Å²) in [7, 11) is 1.66. The lowest BCUT2D eigenvalue weighted by Gasteiger charge is -2.21. The zero-order valence-electron chi connectivity index (χ0n) is 17.7. The fourth-order valence-corrected chi connectivity index (χ4v) is 2.93. The van der Waals surface area contributed by atoms with Gasteiger partial charge in [-0.05, 0) is 60.1 Å². The Bertz CT molecular complexity index is 730. The third-order valence-electron chi connectivity index (χ3n) is 4.76. The van der Waals surface area contributed by atoms with Crippen molar-refractivity contribution in [3.8, 4) is 11.5 Å². The third kappa shape index (κ3) is 6.59. The first kappa shape index (κ1) is 21.8. The van der Waals surface area contributed by atoms with Crippen molar-refractivity contribution in [2.45, 2.75) is 58.5 Å². The maximum Gasteiger partial charge on any atom is 0.261 e. The molecule has 1 N–H and O–H groups in total. The van der Waals surface area contributed by atoms with Crippen molar-refractivity contribution in [2.75, 3.05) is 13.7 Å². The Balaban J connectivity index is 1.79. The highest BCUT2D eigenvalue weighted by Gasteiger charge is 2.18. The minimum absolute atomic E-state index is 0.0582. The molecular formula is C24H33NO3. The molecule has 0 saturated carbocycles. The molecule has 2 aromatic rings. The highest BCUT2D eigenvalue weighted by molar-refractivity contribution is 5.81. The molecule has 2 aromatic carbocycles. The van der Waals surface area contributed by atoms with Crippen molar-refractivity contribution in [1.82, 2.24) is 5.32 Å². The zero-order valence-corrected chi connectivity index (χ0v) is 17.7. The second-order valence-corrected chi connectivity index (χ2v) is 8.03. The number of carbonyl (C=O) groups excluding carboxylic acids is 1. The van der Waals surface area contributed by atoms with E-state index >= 15 is 0 Å². The van der Waals surface area contributed by atoms with Gasteiger partial charge in [0.15, 0.2) is 6.10 Å². The summed E-state index contributed by atoms with van der Waals surface area (Å²) < 4.78 is 11.1. The van der Waals surface area contributed by atoms with Crippen LogP contribution in [-0.4, -0.2) is 25.7 Å². The lowest BCUT2D eigenvalue weighted by molar-refractivity contribution is -0.128. The monoisotopic (exact) mass is 383 g/mol. The molecule has 0 fully saturated rings. The second-order valence-electron chi connectivity index (χ2n) is 8.03. The van der Waals surface area contributed by atoms with Gasteiger partial charge in [-0.3, -0.25) is 4.79 Å². The average Bonchev–Trinajstić information content (AvgIpc) is 2.69. The molecule has 152 valence electrons. The normalized spacial score (nSPS) is 12.3. The number of amides is 1. The van der Waals surface area contributed by atoms with Crippen LogP contribution >= 0.6 is 0 Å². The molecule has 1 amide bonds. The Kier molecular flexibility index (Phi) is 7.91. The van der Waals surface area contributed by atoms with Gasteiger partial charge in [-0.15, -0.1) is 0 Å². The quantitative estimate of drug-likeness (QED) is 0.627. The van der Waals surface area contributed by atoms with Crippen LogP contribution in [0.1, 0.15) is 51.7 Å². The van der Waals surface area contributed by atoms with E-state index < -0.39 is 6.10 Å². The number of carbonyl (C=O) groups is 1. The lowest BCUT2D eigenvalue weighted by Crippen LogP contribution is -2.38. The summed E-state index contributed by atoms with van der Waals surface area (Å²) in [5, 5.41) is 2.99. The highest BCUT2D eigenvalue weighted by Crippen LogP contribution is 2.25. The number of aryl methyl sites for hydroxylation is 1. The molecule has 0 aliphatic heterocycles. The third-order valence-corrected chi connectivity index (χ3v) is 4.76. The van der Waals surface area contributed by atoms with Gasteiger partial charge >= 0.3 is 0 Å². The molecule has 2 rings (SSSR count). The number of hydrogen-bond donors (Lipinski definition) is 1. The number of nitrogens with one attached hydrogen (secondary N) is 1. The van der Waals surface area contributed by atoms with Crippen molar-refractivity contribution >= 4 is 5.91 Å². The summed E-state index contributed by atoms with van der Waals surface area (Å²) in [6, 6.07) is 16.0. The molecule has 0 aliphatic rings. The Morgan fingerprint density at radius 2 is 1.61 bits per heavy atom. The molecule has 28 heavy (non-hydrogen) atoms. The van der Waals surface area contributed by atoms with Crippen molar-refractivity contribution in [2.24, 2.45) is 0 Å². The fraction of sp³-hybridized carbons (Fsp3) is 0.458. The molecular weight excluding hydrogens is 350 g/mol. The smallest absolute Gasteiger partial charge is 0.261 e. The van der Waals surface area contributed by atoms with Gasteiger partial charge in [-0.25, -0.2) is 0 Å². The Labute approximate surface area is 169 Å². The van der Waals surface area contributed by atoms with Gasteiger partial charge in [0.05, 0.1) is 7.11 Å². The summed E-state index contributed by atoms with van der Waals surface area (Å²) >= 11 is 0. The maximum atomic E-state index is 12.4. The van der Waals surface area contributed by atoms with Gasteiger partial charge < -0.3 is 14.8 Å². The van der Waals surface area contributed by atoms with Crippen LogP contribution in [-0.2, 0) is 16.6 Å². The Hall–Kier alpha value is -2.49. The van der Waals surface area contributed by atoms with Crippen LogP contribution in [0.25, 0.3) is 0 Å². The van der Waals surface area contributed by atoms with E-state index in [0.29, 0.717) is 13.0 Å². The van der Waals surface area contributed by atoms with Crippen molar-refractivity contribution < 1.29 is 14.3 Å². The average molecular weight is 384 g/mol. The summed E-state index contributed by atoms with van der Waals surface area (Å²) in [5.41, 5.74) is 2.58. The summed E-state index contributed by atoms with van der Waals surface area (Å²) in [4.78, 5) is 12.4. The minimum Gasteiger partial charge on any atom is -0.497 e. The summed E-state index contributed by atoms with van der Waals surface area (Å²) in [5.74, 6) is 1.53. The largest absolute Gasteiger partial charge is 0.497 e. The fourth-order valence-electron chi connectivity index (χ4n) is 2.93. The number of rotatable bonds is 9. The van der Waals surface area contributed by atoms with E-state index in [0.717, 1.165) is 24.3 Å². The highest BCUT2D eigenvalue weighted by atomic mass is 16.5. The van der Waals surface area contributed by atoms with Crippen LogP contribution in [0.15, 0.2) is 48.5 Å². The molecule has 0 bridgehead atoms. The van der Waals surface area contributed by atoms with E-state index in [9.17, 15) is 4.79 Å². The van der Waals surface area contributed by atoms with Crippen LogP contribution in [0.5, 0.6) is 11.5 Å². The molecule has 0 radical (unpaired) electrons.